The number of rotatable bonds is 7. The van der Waals surface area contributed by atoms with Gasteiger partial charge < -0.3 is 9.84 Å². The van der Waals surface area contributed by atoms with Crippen LogP contribution in [0.1, 0.15) is 28.8 Å². The lowest BCUT2D eigenvalue weighted by molar-refractivity contribution is -0.118. The number of phenols is 1. The van der Waals surface area contributed by atoms with Crippen molar-refractivity contribution in [1.29, 1.82) is 0 Å². The van der Waals surface area contributed by atoms with Crippen molar-refractivity contribution in [2.75, 3.05) is 12.9 Å². The van der Waals surface area contributed by atoms with E-state index in [1.807, 2.05) is 24.3 Å². The average molecular weight is 600 g/mol. The van der Waals surface area contributed by atoms with Crippen LogP contribution in [0.4, 0.5) is 0 Å². The third kappa shape index (κ3) is 5.43. The molecule has 5 rings (SSSR count). The van der Waals surface area contributed by atoms with Crippen molar-refractivity contribution in [3.63, 3.8) is 0 Å². The van der Waals surface area contributed by atoms with Gasteiger partial charge in [0.25, 0.3) is 11.5 Å². The topological polar surface area (TPSA) is 106 Å². The summed E-state index contributed by atoms with van der Waals surface area (Å²) in [6, 6.07) is 12.2. The second kappa shape index (κ2) is 11.1. The molecule has 0 saturated carbocycles. The van der Waals surface area contributed by atoms with Crippen LogP contribution in [0.25, 0.3) is 15.9 Å². The zero-order valence-corrected chi connectivity index (χ0v) is 23.1. The number of hydrogen-bond donors (Lipinski definition) is 2. The maximum absolute atomic E-state index is 13.8. The van der Waals surface area contributed by atoms with Gasteiger partial charge in [0.2, 0.25) is 0 Å². The number of hydrogen-bond acceptors (Lipinski definition) is 8. The SMILES string of the molecule is COc1cc(/C=N/NC(=O)CSc2nc3sc4c(c3c(=O)n2-c2ccc(Br)cc2)CCCC4)ccc1O. The van der Waals surface area contributed by atoms with E-state index in [-0.39, 0.29) is 23.0 Å². The summed E-state index contributed by atoms with van der Waals surface area (Å²) in [5.74, 6) is 0.0195. The molecule has 2 aromatic carbocycles. The van der Waals surface area contributed by atoms with Gasteiger partial charge in [-0.3, -0.25) is 14.2 Å². The van der Waals surface area contributed by atoms with Crippen LogP contribution in [0, 0.1) is 0 Å². The number of aromatic nitrogens is 2. The summed E-state index contributed by atoms with van der Waals surface area (Å²) in [5.41, 5.74) is 4.87. The van der Waals surface area contributed by atoms with Crippen LogP contribution in [-0.4, -0.2) is 39.6 Å². The molecular weight excluding hydrogens is 576 g/mol. The number of halogens is 1. The molecule has 0 radical (unpaired) electrons. The zero-order valence-electron chi connectivity index (χ0n) is 19.9. The molecule has 0 aliphatic heterocycles. The standard InChI is InChI=1S/C26H23BrN4O4S2/c1-35-20-12-15(6-11-19(20)32)13-28-30-22(33)14-36-26-29-24-23(18-4-2-3-5-21(18)37-24)25(34)31(26)17-9-7-16(27)8-10-17/h6-13,32H,2-5,14H2,1H3,(H,30,33)/b28-13+. The van der Waals surface area contributed by atoms with Gasteiger partial charge in [0.05, 0.1) is 30.2 Å². The summed E-state index contributed by atoms with van der Waals surface area (Å²) in [4.78, 5) is 33.1. The number of methoxy groups -OCH3 is 1. The Morgan fingerprint density at radius 2 is 2.05 bits per heavy atom. The van der Waals surface area contributed by atoms with Gasteiger partial charge in [-0.1, -0.05) is 27.7 Å². The quantitative estimate of drug-likeness (QED) is 0.133. The molecule has 2 heterocycles. The van der Waals surface area contributed by atoms with Crippen molar-refractivity contribution in [3.8, 4) is 17.2 Å². The first-order valence-corrected chi connectivity index (χ1v) is 14.2. The smallest absolute Gasteiger partial charge is 0.267 e. The number of benzene rings is 2. The average Bonchev–Trinajstić information content (AvgIpc) is 3.28. The van der Waals surface area contributed by atoms with Crippen molar-refractivity contribution in [2.24, 2.45) is 5.10 Å². The van der Waals surface area contributed by atoms with Crippen LogP contribution >= 0.6 is 39.0 Å². The number of ether oxygens (including phenoxy) is 1. The molecule has 190 valence electrons. The van der Waals surface area contributed by atoms with Gasteiger partial charge >= 0.3 is 0 Å². The lowest BCUT2D eigenvalue weighted by atomic mass is 9.97. The number of amides is 1. The number of hydrazone groups is 1. The van der Waals surface area contributed by atoms with Gasteiger partial charge in [-0.2, -0.15) is 5.10 Å². The Morgan fingerprint density at radius 3 is 2.84 bits per heavy atom. The summed E-state index contributed by atoms with van der Waals surface area (Å²) < 4.78 is 7.59. The van der Waals surface area contributed by atoms with E-state index in [0.29, 0.717) is 27.5 Å². The zero-order chi connectivity index (χ0) is 25.9. The normalized spacial score (nSPS) is 13.1. The molecule has 0 saturated heterocycles. The van der Waals surface area contributed by atoms with E-state index in [4.69, 9.17) is 9.72 Å². The summed E-state index contributed by atoms with van der Waals surface area (Å²) in [7, 11) is 1.46. The van der Waals surface area contributed by atoms with Crippen LogP contribution in [0.3, 0.4) is 0 Å². The second-order valence-electron chi connectivity index (χ2n) is 8.42. The number of phenolic OH excluding ortho intramolecular Hbond substituents is 1. The molecule has 11 heteroatoms. The number of nitrogens with one attached hydrogen (secondary N) is 1. The van der Waals surface area contributed by atoms with E-state index in [0.717, 1.165) is 40.5 Å². The minimum absolute atomic E-state index is 0.0213. The van der Waals surface area contributed by atoms with Crippen LogP contribution in [0.15, 0.2) is 62.0 Å². The van der Waals surface area contributed by atoms with Crippen LogP contribution in [0.2, 0.25) is 0 Å². The van der Waals surface area contributed by atoms with Gasteiger partial charge in [0.1, 0.15) is 4.83 Å². The first-order chi connectivity index (χ1) is 17.9. The van der Waals surface area contributed by atoms with E-state index in [2.05, 4.69) is 26.5 Å². The van der Waals surface area contributed by atoms with Gasteiger partial charge in [-0.25, -0.2) is 10.4 Å². The Morgan fingerprint density at radius 1 is 1.27 bits per heavy atom. The van der Waals surface area contributed by atoms with Gasteiger partial charge in [-0.05, 0) is 79.3 Å². The van der Waals surface area contributed by atoms with Crippen LogP contribution < -0.4 is 15.7 Å². The number of thiophene rings is 1. The first-order valence-electron chi connectivity index (χ1n) is 11.6. The fourth-order valence-electron chi connectivity index (χ4n) is 4.22. The Kier molecular flexibility index (Phi) is 7.63. The highest BCUT2D eigenvalue weighted by Crippen LogP contribution is 2.35. The summed E-state index contributed by atoms with van der Waals surface area (Å²) >= 11 is 6.23. The van der Waals surface area contributed by atoms with E-state index in [9.17, 15) is 14.7 Å². The number of carbonyl (C=O) groups excluding carboxylic acids is 1. The second-order valence-corrected chi connectivity index (χ2v) is 11.4. The van der Waals surface area contributed by atoms with E-state index in [1.54, 1.807) is 28.0 Å². The minimum Gasteiger partial charge on any atom is -0.504 e. The number of fused-ring (bicyclic) bond motifs is 3. The number of aromatic hydroxyl groups is 1. The molecule has 0 fully saturated rings. The summed E-state index contributed by atoms with van der Waals surface area (Å²) in [6.07, 6.45) is 5.53. The molecule has 0 unspecified atom stereocenters. The van der Waals surface area contributed by atoms with E-state index < -0.39 is 0 Å². The third-order valence-electron chi connectivity index (χ3n) is 5.98. The van der Waals surface area contributed by atoms with Crippen molar-refractivity contribution < 1.29 is 14.6 Å². The van der Waals surface area contributed by atoms with Crippen molar-refractivity contribution >= 4 is 61.4 Å². The van der Waals surface area contributed by atoms with Crippen molar-refractivity contribution in [3.05, 3.63) is 73.3 Å². The number of nitrogens with zero attached hydrogens (tertiary/aromatic N) is 3. The first kappa shape index (κ1) is 25.5. The molecular formula is C26H23BrN4O4S2. The molecule has 0 spiro atoms. The number of aryl methyl sites for hydroxylation is 2. The fraction of sp³-hybridized carbons (Fsp3) is 0.231. The Hall–Kier alpha value is -3.15. The Balaban J connectivity index is 1.40. The monoisotopic (exact) mass is 598 g/mol. The molecule has 8 nitrogen and oxygen atoms in total. The molecule has 4 aromatic rings. The summed E-state index contributed by atoms with van der Waals surface area (Å²) in [5, 5.41) is 14.9. The highest BCUT2D eigenvalue weighted by molar-refractivity contribution is 9.10. The predicted molar refractivity (Wildman–Crippen MR) is 151 cm³/mol. The van der Waals surface area contributed by atoms with E-state index >= 15 is 0 Å². The van der Waals surface area contributed by atoms with Crippen molar-refractivity contribution in [1.82, 2.24) is 15.0 Å². The molecule has 1 aliphatic carbocycles. The molecule has 0 atom stereocenters. The van der Waals surface area contributed by atoms with Crippen LogP contribution in [0.5, 0.6) is 11.5 Å². The van der Waals surface area contributed by atoms with Gasteiger partial charge in [-0.15, -0.1) is 11.3 Å². The Labute approximate surface area is 229 Å². The molecule has 0 bridgehead atoms. The minimum atomic E-state index is -0.339. The fourth-order valence-corrected chi connectivity index (χ4v) is 6.59. The third-order valence-corrected chi connectivity index (χ3v) is 8.63. The van der Waals surface area contributed by atoms with E-state index in [1.165, 1.54) is 36.0 Å². The molecule has 1 amide bonds. The highest BCUT2D eigenvalue weighted by Gasteiger charge is 2.23. The lowest BCUT2D eigenvalue weighted by Gasteiger charge is -2.13. The van der Waals surface area contributed by atoms with Gasteiger partial charge in [0.15, 0.2) is 16.7 Å². The molecule has 2 aromatic heterocycles. The van der Waals surface area contributed by atoms with Crippen molar-refractivity contribution in [2.45, 2.75) is 30.8 Å². The molecule has 1 aliphatic rings. The molecule has 2 N–H and O–H groups in total. The molecule has 37 heavy (non-hydrogen) atoms. The largest absolute Gasteiger partial charge is 0.504 e. The maximum Gasteiger partial charge on any atom is 0.267 e. The lowest BCUT2D eigenvalue weighted by Crippen LogP contribution is -2.24. The van der Waals surface area contributed by atoms with Crippen LogP contribution in [-0.2, 0) is 17.6 Å². The highest BCUT2D eigenvalue weighted by atomic mass is 79.9. The summed E-state index contributed by atoms with van der Waals surface area (Å²) in [6.45, 7) is 0. The van der Waals surface area contributed by atoms with Gasteiger partial charge in [0, 0.05) is 9.35 Å². The number of carbonyl (C=O) groups is 1. The number of thioether (sulfide) groups is 1. The maximum atomic E-state index is 13.8. The predicted octanol–water partition coefficient (Wildman–Crippen LogP) is 5.05. The Bertz CT molecular complexity index is 1560.